The summed E-state index contributed by atoms with van der Waals surface area (Å²) in [7, 11) is 0. The highest BCUT2D eigenvalue weighted by atomic mass is 79.9. The van der Waals surface area contributed by atoms with Crippen molar-refractivity contribution >= 4 is 44.5 Å². The number of halogens is 1. The van der Waals surface area contributed by atoms with Gasteiger partial charge in [-0.05, 0) is 39.0 Å². The molecular formula is C15H12BrN7S. The number of fused-ring (bicyclic) bond motifs is 1. The minimum absolute atomic E-state index is 0.388. The Balaban J connectivity index is 1.67. The van der Waals surface area contributed by atoms with Crippen molar-refractivity contribution in [2.75, 3.05) is 11.1 Å². The van der Waals surface area contributed by atoms with E-state index >= 15 is 0 Å². The molecule has 3 N–H and O–H groups in total. The number of nitrogens with one attached hydrogen (secondary N) is 1. The molecule has 0 spiro atoms. The summed E-state index contributed by atoms with van der Waals surface area (Å²) in [4.78, 5) is 12.9. The van der Waals surface area contributed by atoms with E-state index in [1.165, 1.54) is 11.9 Å². The number of nitrogens with zero attached hydrogens (tertiary/aromatic N) is 5. The van der Waals surface area contributed by atoms with Gasteiger partial charge in [-0.25, -0.2) is 19.5 Å². The zero-order chi connectivity index (χ0) is 16.5. The highest BCUT2D eigenvalue weighted by Gasteiger charge is 2.15. The van der Waals surface area contributed by atoms with E-state index in [0.717, 1.165) is 3.79 Å². The largest absolute Gasteiger partial charge is 0.382 e. The molecule has 24 heavy (non-hydrogen) atoms. The second-order valence-electron chi connectivity index (χ2n) is 5.01. The lowest BCUT2D eigenvalue weighted by molar-refractivity contribution is 0.945. The number of aromatic nitrogens is 5. The van der Waals surface area contributed by atoms with E-state index < -0.39 is 0 Å². The molecule has 0 saturated heterocycles. The van der Waals surface area contributed by atoms with Gasteiger partial charge in [-0.15, -0.1) is 16.4 Å². The topological polar surface area (TPSA) is 94.0 Å². The molecule has 0 unspecified atom stereocenters. The molecule has 0 aromatic carbocycles. The zero-order valence-electron chi connectivity index (χ0n) is 12.3. The molecule has 4 heterocycles. The van der Waals surface area contributed by atoms with E-state index in [2.05, 4.69) is 47.4 Å². The first-order valence-corrected chi connectivity index (χ1v) is 8.76. The van der Waals surface area contributed by atoms with E-state index in [-0.39, 0.29) is 0 Å². The molecular weight excluding hydrogens is 390 g/mol. The average Bonchev–Trinajstić information content (AvgIpc) is 3.15. The minimum Gasteiger partial charge on any atom is -0.382 e. The molecule has 0 fully saturated rings. The maximum Gasteiger partial charge on any atom is 0.166 e. The fraction of sp³-hybridized carbons (Fsp3) is 0.0667. The van der Waals surface area contributed by atoms with Crippen molar-refractivity contribution in [3.8, 4) is 11.3 Å². The molecule has 120 valence electrons. The molecule has 0 aliphatic rings. The maximum atomic E-state index is 6.05. The van der Waals surface area contributed by atoms with E-state index in [9.17, 15) is 0 Å². The summed E-state index contributed by atoms with van der Waals surface area (Å²) in [5.74, 6) is 1.10. The normalized spacial score (nSPS) is 11.0. The Morgan fingerprint density at radius 2 is 2.21 bits per heavy atom. The van der Waals surface area contributed by atoms with Crippen molar-refractivity contribution in [3.05, 3.63) is 51.7 Å². The molecule has 7 nitrogen and oxygen atoms in total. The molecule has 0 saturated carbocycles. The third-order valence-electron chi connectivity index (χ3n) is 3.50. The molecule has 0 aliphatic carbocycles. The first kappa shape index (κ1) is 15.0. The lowest BCUT2D eigenvalue weighted by Crippen LogP contribution is -2.02. The van der Waals surface area contributed by atoms with Crippen molar-refractivity contribution in [2.45, 2.75) is 6.54 Å². The van der Waals surface area contributed by atoms with Crippen LogP contribution in [-0.4, -0.2) is 24.6 Å². The number of anilines is 2. The quantitative estimate of drug-likeness (QED) is 0.545. The predicted molar refractivity (Wildman–Crippen MR) is 97.8 cm³/mol. The van der Waals surface area contributed by atoms with Crippen molar-refractivity contribution in [1.82, 2.24) is 24.6 Å². The highest BCUT2D eigenvalue weighted by Crippen LogP contribution is 2.29. The Morgan fingerprint density at radius 3 is 3.04 bits per heavy atom. The van der Waals surface area contributed by atoms with Crippen molar-refractivity contribution in [3.63, 3.8) is 0 Å². The lowest BCUT2D eigenvalue weighted by Gasteiger charge is -2.06. The smallest absolute Gasteiger partial charge is 0.166 e. The molecule has 0 bridgehead atoms. The van der Waals surface area contributed by atoms with Crippen LogP contribution in [0.4, 0.5) is 11.6 Å². The number of nitrogens with two attached hydrogens (primary N) is 1. The Bertz CT molecular complexity index is 1010. The summed E-state index contributed by atoms with van der Waals surface area (Å²) < 4.78 is 2.75. The molecule has 0 radical (unpaired) electrons. The number of thiophene rings is 1. The maximum absolute atomic E-state index is 6.05. The van der Waals surface area contributed by atoms with Gasteiger partial charge < -0.3 is 11.1 Å². The minimum atomic E-state index is 0.388. The van der Waals surface area contributed by atoms with Gasteiger partial charge in [-0.1, -0.05) is 0 Å². The highest BCUT2D eigenvalue weighted by molar-refractivity contribution is 9.11. The van der Waals surface area contributed by atoms with Crippen molar-refractivity contribution in [2.24, 2.45) is 0 Å². The van der Waals surface area contributed by atoms with Gasteiger partial charge in [0.25, 0.3) is 0 Å². The van der Waals surface area contributed by atoms with E-state index in [0.29, 0.717) is 35.1 Å². The van der Waals surface area contributed by atoms with Crippen LogP contribution in [-0.2, 0) is 6.54 Å². The number of rotatable bonds is 4. The summed E-state index contributed by atoms with van der Waals surface area (Å²) in [5.41, 5.74) is 9.28. The molecule has 4 aromatic rings. The van der Waals surface area contributed by atoms with Gasteiger partial charge in [-0.2, -0.15) is 0 Å². The zero-order valence-corrected chi connectivity index (χ0v) is 14.8. The summed E-state index contributed by atoms with van der Waals surface area (Å²) in [6.07, 6.45) is 5.01. The lowest BCUT2D eigenvalue weighted by atomic mass is 10.2. The number of hydrogen-bond donors (Lipinski definition) is 2. The fourth-order valence-corrected chi connectivity index (χ4v) is 3.61. The number of nitrogen functional groups attached to an aromatic ring is 1. The average molecular weight is 402 g/mol. The van der Waals surface area contributed by atoms with Crippen LogP contribution in [0.25, 0.3) is 16.9 Å². The van der Waals surface area contributed by atoms with Gasteiger partial charge in [-0.3, -0.25) is 0 Å². The monoisotopic (exact) mass is 401 g/mol. The molecule has 9 heteroatoms. The van der Waals surface area contributed by atoms with Crippen molar-refractivity contribution < 1.29 is 0 Å². The molecule has 4 rings (SSSR count). The van der Waals surface area contributed by atoms with Crippen LogP contribution < -0.4 is 11.1 Å². The first-order chi connectivity index (χ1) is 11.7. The summed E-state index contributed by atoms with van der Waals surface area (Å²) >= 11 is 5.18. The van der Waals surface area contributed by atoms with E-state index in [1.54, 1.807) is 34.3 Å². The summed E-state index contributed by atoms with van der Waals surface area (Å²) in [6.45, 7) is 0.670. The summed E-state index contributed by atoms with van der Waals surface area (Å²) in [6, 6.07) is 5.72. The SMILES string of the molecule is Nc1nn2cccnc2c1-c1cc(NCc2ccsc2Br)ncn1. The third-order valence-corrected chi connectivity index (χ3v) is 5.31. The fourth-order valence-electron chi connectivity index (χ4n) is 2.37. The second-order valence-corrected chi connectivity index (χ2v) is 7.24. The Labute approximate surface area is 149 Å². The van der Waals surface area contributed by atoms with Gasteiger partial charge in [0.15, 0.2) is 11.5 Å². The van der Waals surface area contributed by atoms with Crippen LogP contribution >= 0.6 is 27.3 Å². The Kier molecular flexibility index (Phi) is 3.87. The van der Waals surface area contributed by atoms with Crippen LogP contribution in [0, 0.1) is 0 Å². The van der Waals surface area contributed by atoms with Crippen molar-refractivity contribution in [1.29, 1.82) is 0 Å². The van der Waals surface area contributed by atoms with E-state index in [4.69, 9.17) is 5.73 Å². The number of hydrogen-bond acceptors (Lipinski definition) is 7. The van der Waals surface area contributed by atoms with Gasteiger partial charge >= 0.3 is 0 Å². The van der Waals surface area contributed by atoms with Gasteiger partial charge in [0.1, 0.15) is 12.1 Å². The Hall–Kier alpha value is -2.52. The van der Waals surface area contributed by atoms with Crippen LogP contribution in [0.2, 0.25) is 0 Å². The molecule has 0 atom stereocenters. The molecule has 4 aromatic heterocycles. The summed E-state index contributed by atoms with van der Waals surface area (Å²) in [5, 5.41) is 9.60. The Morgan fingerprint density at radius 1 is 1.29 bits per heavy atom. The second kappa shape index (κ2) is 6.17. The predicted octanol–water partition coefficient (Wildman–Crippen LogP) is 3.20. The van der Waals surface area contributed by atoms with Crippen LogP contribution in [0.1, 0.15) is 5.56 Å². The van der Waals surface area contributed by atoms with Gasteiger partial charge in [0, 0.05) is 25.0 Å². The van der Waals surface area contributed by atoms with Gasteiger partial charge in [0.2, 0.25) is 0 Å². The van der Waals surface area contributed by atoms with Crippen LogP contribution in [0.5, 0.6) is 0 Å². The van der Waals surface area contributed by atoms with Gasteiger partial charge in [0.05, 0.1) is 15.0 Å². The van der Waals surface area contributed by atoms with E-state index in [1.807, 2.05) is 11.4 Å². The third kappa shape index (κ3) is 2.72. The van der Waals surface area contributed by atoms with Crippen LogP contribution in [0.15, 0.2) is 46.1 Å². The first-order valence-electron chi connectivity index (χ1n) is 7.09. The standard InChI is InChI=1S/C15H12BrN7S/c16-13-9(2-5-24-13)7-19-11-6-10(20-8-21-11)12-14(17)22-23-4-1-3-18-15(12)23/h1-6,8H,7H2,(H2,17,22)(H,19,20,21). The molecule has 0 amide bonds. The van der Waals surface area contributed by atoms with Crippen LogP contribution in [0.3, 0.4) is 0 Å². The molecule has 0 aliphatic heterocycles.